The van der Waals surface area contributed by atoms with Crippen LogP contribution in [0.2, 0.25) is 0 Å². The second-order valence-electron chi connectivity index (χ2n) is 14.7. The van der Waals surface area contributed by atoms with Gasteiger partial charge in [-0.3, -0.25) is 0 Å². The normalized spacial score (nSPS) is 57.6. The third-order valence-electron chi connectivity index (χ3n) is 14.0. The van der Waals surface area contributed by atoms with Crippen LogP contribution in [-0.4, -0.2) is 0 Å². The van der Waals surface area contributed by atoms with Crippen molar-refractivity contribution in [1.29, 1.82) is 0 Å². The molecule has 0 N–H and O–H groups in total. The Morgan fingerprint density at radius 2 is 1.03 bits per heavy atom. The fraction of sp³-hybridized carbons (Fsp3) is 1.00. The van der Waals surface area contributed by atoms with Crippen molar-refractivity contribution in [2.24, 2.45) is 86.8 Å². The predicted molar refractivity (Wildman–Crippen MR) is 133 cm³/mol. The van der Waals surface area contributed by atoms with Crippen molar-refractivity contribution in [3.8, 4) is 0 Å². The molecule has 0 aliphatic heterocycles. The van der Waals surface area contributed by atoms with Crippen molar-refractivity contribution in [1.82, 2.24) is 0 Å². The van der Waals surface area contributed by atoms with Gasteiger partial charge >= 0.3 is 0 Å². The lowest BCUT2D eigenvalue weighted by Gasteiger charge is -2.76. The van der Waals surface area contributed by atoms with Crippen LogP contribution in [0.4, 0.5) is 0 Å². The van der Waals surface area contributed by atoms with Crippen LogP contribution < -0.4 is 0 Å². The molecule has 176 valence electrons. The van der Waals surface area contributed by atoms with Gasteiger partial charge in [0.05, 0.1) is 0 Å². The zero-order valence-corrected chi connectivity index (χ0v) is 23.4. The number of rotatable bonds is 1. The molecule has 0 heteroatoms. The summed E-state index contributed by atoms with van der Waals surface area (Å²) >= 11 is 0. The van der Waals surface area contributed by atoms with Gasteiger partial charge in [0, 0.05) is 0 Å². The molecule has 0 radical (unpaired) electrons. The van der Waals surface area contributed by atoms with Gasteiger partial charge in [-0.05, 0) is 86.8 Å². The number of fused-ring (bicyclic) bond motifs is 3. The van der Waals surface area contributed by atoms with Crippen LogP contribution in [-0.2, 0) is 0 Å². The van der Waals surface area contributed by atoms with E-state index < -0.39 is 0 Å². The van der Waals surface area contributed by atoms with E-state index in [0.717, 1.165) is 65.1 Å². The maximum Gasteiger partial charge on any atom is -0.0220 e. The average Bonchev–Trinajstić information content (AvgIpc) is 2.64. The van der Waals surface area contributed by atoms with Crippen molar-refractivity contribution < 1.29 is 0 Å². The lowest BCUT2D eigenvalue weighted by molar-refractivity contribution is -0.287. The summed E-state index contributed by atoms with van der Waals surface area (Å²) in [6.07, 6.45) is 0. The van der Waals surface area contributed by atoms with E-state index in [1.54, 1.807) is 0 Å². The van der Waals surface area contributed by atoms with Crippen LogP contribution in [0.25, 0.3) is 0 Å². The molecule has 3 aliphatic rings. The Kier molecular flexibility index (Phi) is 5.75. The topological polar surface area (TPSA) is 0 Å². The van der Waals surface area contributed by atoms with E-state index in [2.05, 4.69) is 104 Å². The number of hydrogen-bond acceptors (Lipinski definition) is 0. The molecule has 3 fully saturated rings. The molecular weight excluding hydrogens is 360 g/mol. The van der Waals surface area contributed by atoms with Gasteiger partial charge < -0.3 is 0 Å². The standard InChI is InChI=1S/C30H56/c1-16(2)30(15)23(9)20(6)25-24(28(30,12)13)17(3)18(4)26-27(10,11)21(7)19(5)22(8)29(25,26)14/h16-26H,1-15H3. The van der Waals surface area contributed by atoms with Crippen LogP contribution in [0.1, 0.15) is 104 Å². The quantitative estimate of drug-likeness (QED) is 0.400. The van der Waals surface area contributed by atoms with Gasteiger partial charge in [-0.2, -0.15) is 0 Å². The Morgan fingerprint density at radius 3 is 1.50 bits per heavy atom. The van der Waals surface area contributed by atoms with Crippen LogP contribution in [0.3, 0.4) is 0 Å². The van der Waals surface area contributed by atoms with E-state index in [4.69, 9.17) is 0 Å². The molecule has 3 rings (SSSR count). The summed E-state index contributed by atoms with van der Waals surface area (Å²) in [6, 6.07) is 0. The van der Waals surface area contributed by atoms with Crippen LogP contribution in [0, 0.1) is 86.8 Å². The summed E-state index contributed by atoms with van der Waals surface area (Å²) in [5.74, 6) is 8.70. The zero-order valence-electron chi connectivity index (χ0n) is 23.4. The smallest absolute Gasteiger partial charge is 0.0220 e. The summed E-state index contributed by atoms with van der Waals surface area (Å²) in [5.41, 5.74) is 1.58. The molecule has 3 aliphatic carbocycles. The van der Waals surface area contributed by atoms with Gasteiger partial charge in [-0.1, -0.05) is 104 Å². The Bertz CT molecular complexity index is 655. The second-order valence-corrected chi connectivity index (χ2v) is 14.7. The van der Waals surface area contributed by atoms with Gasteiger partial charge in [0.1, 0.15) is 0 Å². The van der Waals surface area contributed by atoms with Gasteiger partial charge in [0.2, 0.25) is 0 Å². The van der Waals surface area contributed by atoms with Crippen molar-refractivity contribution in [2.75, 3.05) is 0 Å². The van der Waals surface area contributed by atoms with E-state index in [1.807, 2.05) is 0 Å². The highest BCUT2D eigenvalue weighted by Crippen LogP contribution is 2.76. The van der Waals surface area contributed by atoms with E-state index in [-0.39, 0.29) is 0 Å². The van der Waals surface area contributed by atoms with Crippen molar-refractivity contribution in [2.45, 2.75) is 104 Å². The molecule has 0 nitrogen and oxygen atoms in total. The summed E-state index contributed by atoms with van der Waals surface area (Å²) < 4.78 is 0. The van der Waals surface area contributed by atoms with E-state index in [0.29, 0.717) is 21.7 Å². The molecular formula is C30H56. The third kappa shape index (κ3) is 2.58. The highest BCUT2D eigenvalue weighted by Gasteiger charge is 2.71. The van der Waals surface area contributed by atoms with Crippen LogP contribution in [0.15, 0.2) is 0 Å². The molecule has 12 atom stereocenters. The molecule has 0 spiro atoms. The molecule has 12 unspecified atom stereocenters. The van der Waals surface area contributed by atoms with E-state index in [9.17, 15) is 0 Å². The fourth-order valence-corrected chi connectivity index (χ4v) is 11.2. The first-order valence-corrected chi connectivity index (χ1v) is 13.4. The predicted octanol–water partition coefficient (Wildman–Crippen LogP) is 9.05. The first-order chi connectivity index (χ1) is 13.4. The minimum Gasteiger partial charge on any atom is -0.0622 e. The molecule has 0 aromatic rings. The monoisotopic (exact) mass is 416 g/mol. The Hall–Kier alpha value is 0. The molecule has 0 amide bonds. The third-order valence-corrected chi connectivity index (χ3v) is 14.0. The largest absolute Gasteiger partial charge is 0.0622 e. The van der Waals surface area contributed by atoms with Gasteiger partial charge in [-0.25, -0.2) is 0 Å². The number of hydrogen-bond donors (Lipinski definition) is 0. The first-order valence-electron chi connectivity index (χ1n) is 13.4. The summed E-state index contributed by atoms with van der Waals surface area (Å²) in [6.45, 7) is 39.4. The first kappa shape index (κ1) is 24.6. The molecule has 0 heterocycles. The minimum atomic E-state index is 0.357. The highest BCUT2D eigenvalue weighted by atomic mass is 14.8. The maximum absolute atomic E-state index is 2.77. The van der Waals surface area contributed by atoms with E-state index >= 15 is 0 Å². The van der Waals surface area contributed by atoms with Crippen LogP contribution >= 0.6 is 0 Å². The van der Waals surface area contributed by atoms with Crippen molar-refractivity contribution in [3.05, 3.63) is 0 Å². The maximum atomic E-state index is 2.77. The van der Waals surface area contributed by atoms with Gasteiger partial charge in [0.25, 0.3) is 0 Å². The van der Waals surface area contributed by atoms with Crippen molar-refractivity contribution in [3.63, 3.8) is 0 Å². The molecule has 0 aromatic carbocycles. The molecule has 0 bridgehead atoms. The van der Waals surface area contributed by atoms with Gasteiger partial charge in [-0.15, -0.1) is 0 Å². The summed E-state index contributed by atoms with van der Waals surface area (Å²) in [5, 5.41) is 0. The highest BCUT2D eigenvalue weighted by molar-refractivity contribution is 5.19. The molecule has 0 saturated heterocycles. The van der Waals surface area contributed by atoms with E-state index in [1.165, 1.54) is 0 Å². The SMILES string of the molecule is CC1C(C)C(C)(C)C2C(C)C(C)C3C(C(C)C(C)C(C)(C(C)C)C3(C)C)C2(C)C1C. The lowest BCUT2D eigenvalue weighted by Crippen LogP contribution is -2.71. The van der Waals surface area contributed by atoms with Crippen LogP contribution in [0.5, 0.6) is 0 Å². The average molecular weight is 417 g/mol. The second kappa shape index (κ2) is 7.00. The molecule has 30 heavy (non-hydrogen) atoms. The fourth-order valence-electron chi connectivity index (χ4n) is 11.2. The van der Waals surface area contributed by atoms with Gasteiger partial charge in [0.15, 0.2) is 0 Å². The Balaban J connectivity index is 2.29. The molecule has 0 aromatic heterocycles. The summed E-state index contributed by atoms with van der Waals surface area (Å²) in [4.78, 5) is 0. The summed E-state index contributed by atoms with van der Waals surface area (Å²) in [7, 11) is 0. The molecule has 3 saturated carbocycles. The minimum absolute atomic E-state index is 0.357. The van der Waals surface area contributed by atoms with Crippen molar-refractivity contribution >= 4 is 0 Å². The Labute approximate surface area is 190 Å². The Morgan fingerprint density at radius 1 is 0.533 bits per heavy atom. The zero-order chi connectivity index (χ0) is 23.4. The lowest BCUT2D eigenvalue weighted by atomic mass is 9.28.